The summed E-state index contributed by atoms with van der Waals surface area (Å²) in [6.07, 6.45) is 0. The number of aromatic hydroxyl groups is 1. The number of hydrogen-bond acceptors (Lipinski definition) is 3. The lowest BCUT2D eigenvalue weighted by Crippen LogP contribution is -2.04. The molecule has 1 rings (SSSR count). The van der Waals surface area contributed by atoms with Gasteiger partial charge in [0.25, 0.3) is 0 Å². The van der Waals surface area contributed by atoms with Crippen LogP contribution in [0.2, 0.25) is 0 Å². The third kappa shape index (κ3) is 2.23. The van der Waals surface area contributed by atoms with E-state index >= 15 is 0 Å². The minimum atomic E-state index is -0.757. The van der Waals surface area contributed by atoms with E-state index in [9.17, 15) is 9.50 Å². The summed E-state index contributed by atoms with van der Waals surface area (Å²) in [7, 11) is 1.34. The summed E-state index contributed by atoms with van der Waals surface area (Å²) in [4.78, 5) is 0. The minimum Gasteiger partial charge on any atom is -0.502 e. The Morgan fingerprint density at radius 2 is 2.20 bits per heavy atom. The highest BCUT2D eigenvalue weighted by Gasteiger charge is 2.21. The van der Waals surface area contributed by atoms with E-state index in [1.54, 1.807) is 6.92 Å². The van der Waals surface area contributed by atoms with E-state index in [1.165, 1.54) is 7.11 Å². The Balaban J connectivity index is 3.41. The second-order valence-electron chi connectivity index (χ2n) is 3.22. The van der Waals surface area contributed by atoms with Crippen LogP contribution in [0.3, 0.4) is 0 Å². The Morgan fingerprint density at radius 3 is 2.67 bits per heavy atom. The van der Waals surface area contributed by atoms with Gasteiger partial charge in [-0.3, -0.25) is 0 Å². The van der Waals surface area contributed by atoms with E-state index in [2.05, 4.69) is 15.9 Å². The fourth-order valence-corrected chi connectivity index (χ4v) is 2.13. The average molecular weight is 279 g/mol. The van der Waals surface area contributed by atoms with Gasteiger partial charge in [-0.25, -0.2) is 4.39 Å². The molecule has 0 saturated heterocycles. The standard InChI is InChI=1S/C10H12BrFO3/c1-5(4-13)8-6(11)3-7(12)9(14)10(8)15-2/h3,5,13-14H,4H2,1-2H3. The summed E-state index contributed by atoms with van der Waals surface area (Å²) in [5, 5.41) is 18.5. The largest absolute Gasteiger partial charge is 0.502 e. The van der Waals surface area contributed by atoms with E-state index in [0.717, 1.165) is 6.07 Å². The second-order valence-corrected chi connectivity index (χ2v) is 4.07. The fraction of sp³-hybridized carbons (Fsp3) is 0.400. The summed E-state index contributed by atoms with van der Waals surface area (Å²) in [6.45, 7) is 1.64. The summed E-state index contributed by atoms with van der Waals surface area (Å²) in [5.74, 6) is -1.48. The molecule has 1 aromatic rings. The highest BCUT2D eigenvalue weighted by molar-refractivity contribution is 9.10. The summed E-state index contributed by atoms with van der Waals surface area (Å²) in [6, 6.07) is 1.15. The Labute approximate surface area is 95.6 Å². The maximum atomic E-state index is 13.2. The number of rotatable bonds is 3. The van der Waals surface area contributed by atoms with Gasteiger partial charge in [-0.05, 0) is 6.07 Å². The van der Waals surface area contributed by atoms with Gasteiger partial charge in [0.2, 0.25) is 0 Å². The molecule has 0 fully saturated rings. The molecule has 84 valence electrons. The monoisotopic (exact) mass is 278 g/mol. The van der Waals surface area contributed by atoms with Crippen LogP contribution in [-0.2, 0) is 0 Å². The highest BCUT2D eigenvalue weighted by Crippen LogP contribution is 2.41. The lowest BCUT2D eigenvalue weighted by Gasteiger charge is -2.16. The third-order valence-electron chi connectivity index (χ3n) is 2.17. The van der Waals surface area contributed by atoms with Gasteiger partial charge in [0.1, 0.15) is 0 Å². The average Bonchev–Trinajstić information content (AvgIpc) is 2.21. The molecule has 2 N–H and O–H groups in total. The first-order valence-electron chi connectivity index (χ1n) is 4.38. The number of phenolic OH excluding ortho intramolecular Hbond substituents is 1. The predicted octanol–water partition coefficient (Wildman–Crippen LogP) is 2.40. The molecule has 0 amide bonds. The molecule has 0 aromatic heterocycles. The number of ether oxygens (including phenoxy) is 1. The second kappa shape index (κ2) is 4.81. The number of benzene rings is 1. The summed E-state index contributed by atoms with van der Waals surface area (Å²) < 4.78 is 18.6. The van der Waals surface area contributed by atoms with Gasteiger partial charge in [-0.2, -0.15) is 0 Å². The van der Waals surface area contributed by atoms with E-state index in [0.29, 0.717) is 10.0 Å². The zero-order valence-corrected chi connectivity index (χ0v) is 10.0. The Bertz CT molecular complexity index is 368. The molecular weight excluding hydrogens is 267 g/mol. The normalized spacial score (nSPS) is 12.6. The maximum Gasteiger partial charge on any atom is 0.194 e. The zero-order valence-electron chi connectivity index (χ0n) is 8.42. The molecule has 0 aliphatic carbocycles. The van der Waals surface area contributed by atoms with Gasteiger partial charge in [0.15, 0.2) is 17.3 Å². The van der Waals surface area contributed by atoms with E-state index in [4.69, 9.17) is 9.84 Å². The van der Waals surface area contributed by atoms with Crippen LogP contribution in [0.5, 0.6) is 11.5 Å². The number of phenols is 1. The molecule has 0 aliphatic heterocycles. The number of halogens is 2. The zero-order chi connectivity index (χ0) is 11.6. The van der Waals surface area contributed by atoms with Crippen LogP contribution < -0.4 is 4.74 Å². The van der Waals surface area contributed by atoms with Crippen LogP contribution in [0, 0.1) is 5.82 Å². The molecule has 0 radical (unpaired) electrons. The lowest BCUT2D eigenvalue weighted by molar-refractivity contribution is 0.267. The van der Waals surface area contributed by atoms with Crippen molar-refractivity contribution in [1.29, 1.82) is 0 Å². The fourth-order valence-electron chi connectivity index (χ4n) is 1.36. The topological polar surface area (TPSA) is 49.7 Å². The van der Waals surface area contributed by atoms with Crippen molar-refractivity contribution in [3.63, 3.8) is 0 Å². The first-order valence-corrected chi connectivity index (χ1v) is 5.17. The predicted molar refractivity (Wildman–Crippen MR) is 57.8 cm³/mol. The number of methoxy groups -OCH3 is 1. The maximum absolute atomic E-state index is 13.2. The van der Waals surface area contributed by atoms with Crippen molar-refractivity contribution in [2.75, 3.05) is 13.7 Å². The lowest BCUT2D eigenvalue weighted by atomic mass is 10.0. The van der Waals surface area contributed by atoms with Gasteiger partial charge < -0.3 is 14.9 Å². The van der Waals surface area contributed by atoms with Crippen LogP contribution in [0.4, 0.5) is 4.39 Å². The van der Waals surface area contributed by atoms with Crippen molar-refractivity contribution in [2.45, 2.75) is 12.8 Å². The van der Waals surface area contributed by atoms with Crippen molar-refractivity contribution in [3.8, 4) is 11.5 Å². The number of hydrogen-bond donors (Lipinski definition) is 2. The number of aliphatic hydroxyl groups is 1. The molecule has 0 saturated carbocycles. The molecule has 0 aliphatic rings. The molecule has 0 bridgehead atoms. The molecule has 0 heterocycles. The number of aliphatic hydroxyl groups excluding tert-OH is 1. The van der Waals surface area contributed by atoms with Crippen molar-refractivity contribution in [1.82, 2.24) is 0 Å². The molecule has 15 heavy (non-hydrogen) atoms. The molecule has 1 unspecified atom stereocenters. The third-order valence-corrected chi connectivity index (χ3v) is 2.82. The van der Waals surface area contributed by atoms with Crippen LogP contribution in [0.25, 0.3) is 0 Å². The Kier molecular flexibility index (Phi) is 3.93. The molecule has 0 spiro atoms. The quantitative estimate of drug-likeness (QED) is 0.893. The van der Waals surface area contributed by atoms with Crippen molar-refractivity contribution in [2.24, 2.45) is 0 Å². The smallest absolute Gasteiger partial charge is 0.194 e. The van der Waals surface area contributed by atoms with Gasteiger partial charge in [-0.15, -0.1) is 0 Å². The summed E-state index contributed by atoms with van der Waals surface area (Å²) >= 11 is 3.17. The van der Waals surface area contributed by atoms with Gasteiger partial charge in [0.05, 0.1) is 7.11 Å². The molecule has 1 aromatic carbocycles. The molecular formula is C10H12BrFO3. The molecule has 3 nitrogen and oxygen atoms in total. The minimum absolute atomic E-state index is 0.0587. The van der Waals surface area contributed by atoms with Gasteiger partial charge >= 0.3 is 0 Å². The van der Waals surface area contributed by atoms with E-state index in [-0.39, 0.29) is 18.3 Å². The first kappa shape index (κ1) is 12.3. The van der Waals surface area contributed by atoms with Crippen LogP contribution in [0.1, 0.15) is 18.4 Å². The molecule has 5 heteroatoms. The summed E-state index contributed by atoms with van der Waals surface area (Å²) in [5.41, 5.74) is 0.555. The van der Waals surface area contributed by atoms with E-state index < -0.39 is 11.6 Å². The van der Waals surface area contributed by atoms with Crippen LogP contribution in [-0.4, -0.2) is 23.9 Å². The Morgan fingerprint density at radius 1 is 1.60 bits per heavy atom. The van der Waals surface area contributed by atoms with Crippen LogP contribution >= 0.6 is 15.9 Å². The SMILES string of the molecule is COc1c(O)c(F)cc(Br)c1C(C)CO. The van der Waals surface area contributed by atoms with Crippen molar-refractivity contribution < 1.29 is 19.3 Å². The van der Waals surface area contributed by atoms with E-state index in [1.807, 2.05) is 0 Å². The van der Waals surface area contributed by atoms with Crippen molar-refractivity contribution in [3.05, 3.63) is 21.9 Å². The van der Waals surface area contributed by atoms with Crippen LogP contribution in [0.15, 0.2) is 10.5 Å². The highest BCUT2D eigenvalue weighted by atomic mass is 79.9. The Hall–Kier alpha value is -0.810. The van der Waals surface area contributed by atoms with Gasteiger partial charge in [-0.1, -0.05) is 22.9 Å². The molecule has 1 atom stereocenters. The first-order chi connectivity index (χ1) is 7.02. The van der Waals surface area contributed by atoms with Crippen molar-refractivity contribution >= 4 is 15.9 Å². The van der Waals surface area contributed by atoms with Gasteiger partial charge in [0, 0.05) is 22.6 Å².